The van der Waals surface area contributed by atoms with Gasteiger partial charge in [-0.3, -0.25) is 10.1 Å². The number of aliphatic hydroxyl groups excluding tert-OH is 1. The normalized spacial score (nSPS) is 12.2. The van der Waals surface area contributed by atoms with Gasteiger partial charge in [-0.2, -0.15) is 0 Å². The van der Waals surface area contributed by atoms with E-state index in [0.717, 1.165) is 21.4 Å². The van der Waals surface area contributed by atoms with Gasteiger partial charge in [-0.05, 0) is 37.6 Å². The Bertz CT molecular complexity index is 654. The third-order valence-corrected chi connectivity index (χ3v) is 4.31. The molecule has 1 aromatic carbocycles. The number of halogens is 1. The zero-order valence-electron chi connectivity index (χ0n) is 10.8. The minimum Gasteiger partial charge on any atom is -0.440 e. The van der Waals surface area contributed by atoms with Crippen LogP contribution in [0.1, 0.15) is 23.5 Å². The van der Waals surface area contributed by atoms with Gasteiger partial charge in [0.05, 0.1) is 11.0 Å². The van der Waals surface area contributed by atoms with Crippen molar-refractivity contribution >= 4 is 33.0 Å². The van der Waals surface area contributed by atoms with Crippen molar-refractivity contribution in [3.8, 4) is 10.8 Å². The van der Waals surface area contributed by atoms with E-state index in [0.29, 0.717) is 10.6 Å². The van der Waals surface area contributed by atoms with Crippen molar-refractivity contribution in [2.75, 3.05) is 0 Å². The monoisotopic (exact) mass is 357 g/mol. The van der Waals surface area contributed by atoms with Gasteiger partial charge in [0.15, 0.2) is 0 Å². The molecule has 0 spiro atoms. The molecule has 1 aromatic heterocycles. The summed E-state index contributed by atoms with van der Waals surface area (Å²) in [5.41, 5.74) is 0.730. The van der Waals surface area contributed by atoms with E-state index in [2.05, 4.69) is 15.9 Å². The average Bonchev–Trinajstić information content (AvgIpc) is 2.77. The first kappa shape index (κ1) is 15.0. The molecule has 20 heavy (non-hydrogen) atoms. The highest BCUT2D eigenvalue weighted by Gasteiger charge is 2.23. The number of aryl methyl sites for hydroxylation is 1. The van der Waals surface area contributed by atoms with E-state index >= 15 is 0 Å². The quantitative estimate of drug-likeness (QED) is 0.642. The van der Waals surface area contributed by atoms with Crippen LogP contribution in [0.4, 0.5) is 5.69 Å². The number of aliphatic hydroxyl groups is 1. The van der Waals surface area contributed by atoms with Crippen LogP contribution in [0.2, 0.25) is 0 Å². The summed E-state index contributed by atoms with van der Waals surface area (Å²) in [6.07, 6.45) is -0.762. The molecular weight excluding hydrogens is 346 g/mol. The van der Waals surface area contributed by atoms with Gasteiger partial charge < -0.3 is 9.84 Å². The van der Waals surface area contributed by atoms with Crippen molar-refractivity contribution in [1.82, 2.24) is 0 Å². The molecule has 0 aliphatic rings. The lowest BCUT2D eigenvalue weighted by Gasteiger charge is -2.06. The second-order valence-corrected chi connectivity index (χ2v) is 6.23. The lowest BCUT2D eigenvalue weighted by Crippen LogP contribution is -1.91. The molecule has 0 unspecified atom stereocenters. The SMILES string of the molecule is Cc1cc(Br)ccc1Oc1sc([C@@H](C)O)cc1[N+](=O)[O-]. The third-order valence-electron chi connectivity index (χ3n) is 2.65. The van der Waals surface area contributed by atoms with Crippen molar-refractivity contribution in [3.05, 3.63) is 49.3 Å². The van der Waals surface area contributed by atoms with Crippen LogP contribution in [-0.4, -0.2) is 10.0 Å². The van der Waals surface area contributed by atoms with Gasteiger partial charge in [0.1, 0.15) is 5.75 Å². The lowest BCUT2D eigenvalue weighted by molar-refractivity contribution is -0.385. The molecule has 1 heterocycles. The highest BCUT2D eigenvalue weighted by Crippen LogP contribution is 2.42. The molecule has 5 nitrogen and oxygen atoms in total. The Morgan fingerprint density at radius 3 is 2.70 bits per heavy atom. The van der Waals surface area contributed by atoms with E-state index in [9.17, 15) is 15.2 Å². The fraction of sp³-hybridized carbons (Fsp3) is 0.231. The predicted octanol–water partition coefficient (Wildman–Crippen LogP) is 4.57. The Morgan fingerprint density at radius 1 is 1.45 bits per heavy atom. The Balaban J connectivity index is 2.39. The zero-order chi connectivity index (χ0) is 14.9. The maximum Gasteiger partial charge on any atom is 0.323 e. The van der Waals surface area contributed by atoms with Crippen molar-refractivity contribution < 1.29 is 14.8 Å². The molecule has 0 saturated heterocycles. The summed E-state index contributed by atoms with van der Waals surface area (Å²) in [7, 11) is 0. The second-order valence-electron chi connectivity index (χ2n) is 4.27. The van der Waals surface area contributed by atoms with Gasteiger partial charge in [0.2, 0.25) is 0 Å². The van der Waals surface area contributed by atoms with Crippen molar-refractivity contribution in [3.63, 3.8) is 0 Å². The molecule has 2 rings (SSSR count). The number of nitrogens with zero attached hydrogens (tertiary/aromatic N) is 1. The zero-order valence-corrected chi connectivity index (χ0v) is 13.2. The molecular formula is C13H12BrNO4S. The van der Waals surface area contributed by atoms with Gasteiger partial charge in [-0.15, -0.1) is 0 Å². The first-order chi connectivity index (χ1) is 9.38. The average molecular weight is 358 g/mol. The molecule has 1 N–H and O–H groups in total. The Hall–Kier alpha value is -1.44. The van der Waals surface area contributed by atoms with Crippen LogP contribution in [0.3, 0.4) is 0 Å². The van der Waals surface area contributed by atoms with Crippen LogP contribution in [-0.2, 0) is 0 Å². The maximum absolute atomic E-state index is 11.0. The molecule has 0 fully saturated rings. The molecule has 0 aliphatic carbocycles. The molecule has 7 heteroatoms. The summed E-state index contributed by atoms with van der Waals surface area (Å²) < 4.78 is 6.54. The number of hydrogen-bond acceptors (Lipinski definition) is 5. The van der Waals surface area contributed by atoms with E-state index in [-0.39, 0.29) is 10.8 Å². The van der Waals surface area contributed by atoms with Crippen molar-refractivity contribution in [2.24, 2.45) is 0 Å². The number of ether oxygens (including phenoxy) is 1. The highest BCUT2D eigenvalue weighted by atomic mass is 79.9. The number of thiophene rings is 1. The van der Waals surface area contributed by atoms with E-state index in [1.165, 1.54) is 6.07 Å². The molecule has 0 bridgehead atoms. The lowest BCUT2D eigenvalue weighted by atomic mass is 10.2. The third kappa shape index (κ3) is 3.17. The van der Waals surface area contributed by atoms with Crippen LogP contribution < -0.4 is 4.74 Å². The summed E-state index contributed by atoms with van der Waals surface area (Å²) in [6.45, 7) is 3.42. The van der Waals surface area contributed by atoms with Gasteiger partial charge in [0.25, 0.3) is 5.06 Å². The second kappa shape index (κ2) is 5.90. The molecule has 2 aromatic rings. The highest BCUT2D eigenvalue weighted by molar-refractivity contribution is 9.10. The van der Waals surface area contributed by atoms with Crippen LogP contribution in [0.25, 0.3) is 0 Å². The molecule has 0 amide bonds. The van der Waals surface area contributed by atoms with Crippen molar-refractivity contribution in [2.45, 2.75) is 20.0 Å². The Labute approximate surface area is 128 Å². The molecule has 106 valence electrons. The first-order valence-corrected chi connectivity index (χ1v) is 7.39. The summed E-state index contributed by atoms with van der Waals surface area (Å²) in [4.78, 5) is 11.0. The Kier molecular flexibility index (Phi) is 4.42. The van der Waals surface area contributed by atoms with E-state index in [1.807, 2.05) is 13.0 Å². The number of benzene rings is 1. The van der Waals surface area contributed by atoms with Gasteiger partial charge in [-0.1, -0.05) is 27.3 Å². The van der Waals surface area contributed by atoms with Crippen LogP contribution in [0.15, 0.2) is 28.7 Å². The minimum atomic E-state index is -0.762. The first-order valence-electron chi connectivity index (χ1n) is 5.78. The van der Waals surface area contributed by atoms with E-state index in [4.69, 9.17) is 4.74 Å². The van der Waals surface area contributed by atoms with Crippen LogP contribution in [0.5, 0.6) is 10.8 Å². The Morgan fingerprint density at radius 2 is 2.15 bits per heavy atom. The minimum absolute atomic E-state index is 0.131. The number of nitro groups is 1. The summed E-state index contributed by atoms with van der Waals surface area (Å²) in [5, 5.41) is 20.7. The summed E-state index contributed by atoms with van der Waals surface area (Å²) >= 11 is 4.43. The maximum atomic E-state index is 11.0. The molecule has 0 radical (unpaired) electrons. The fourth-order valence-corrected chi connectivity index (χ4v) is 3.02. The number of hydrogen-bond donors (Lipinski definition) is 1. The van der Waals surface area contributed by atoms with Crippen LogP contribution in [0, 0.1) is 17.0 Å². The molecule has 1 atom stereocenters. The summed E-state index contributed by atoms with van der Waals surface area (Å²) in [6, 6.07) is 6.76. The van der Waals surface area contributed by atoms with Gasteiger partial charge in [-0.25, -0.2) is 0 Å². The molecule has 0 saturated carbocycles. The van der Waals surface area contributed by atoms with E-state index in [1.54, 1.807) is 19.1 Å². The smallest absolute Gasteiger partial charge is 0.323 e. The van der Waals surface area contributed by atoms with Crippen LogP contribution >= 0.6 is 27.3 Å². The number of rotatable bonds is 4. The van der Waals surface area contributed by atoms with Gasteiger partial charge >= 0.3 is 5.69 Å². The topological polar surface area (TPSA) is 72.6 Å². The van der Waals surface area contributed by atoms with Gasteiger partial charge in [0, 0.05) is 15.4 Å². The molecule has 0 aliphatic heterocycles. The largest absolute Gasteiger partial charge is 0.440 e. The fourth-order valence-electron chi connectivity index (χ4n) is 1.62. The predicted molar refractivity (Wildman–Crippen MR) is 80.6 cm³/mol. The van der Waals surface area contributed by atoms with E-state index < -0.39 is 11.0 Å². The van der Waals surface area contributed by atoms with Crippen molar-refractivity contribution in [1.29, 1.82) is 0 Å². The summed E-state index contributed by atoms with van der Waals surface area (Å²) in [5.74, 6) is 0.551. The standard InChI is InChI=1S/C13H12BrNO4S/c1-7-5-9(14)3-4-11(7)19-13-10(15(17)18)6-12(20-13)8(2)16/h3-6,8,16H,1-2H3/t8-/m1/s1.